The number of benzene rings is 2. The van der Waals surface area contributed by atoms with Gasteiger partial charge in [-0.15, -0.1) is 0 Å². The fourth-order valence-electron chi connectivity index (χ4n) is 4.32. The molecule has 2 aromatic rings. The third-order valence-corrected chi connectivity index (χ3v) is 5.33. The van der Waals surface area contributed by atoms with Crippen molar-refractivity contribution in [1.29, 1.82) is 0 Å². The van der Waals surface area contributed by atoms with Gasteiger partial charge in [-0.3, -0.25) is 4.79 Å². The van der Waals surface area contributed by atoms with Gasteiger partial charge in [-0.25, -0.2) is 0 Å². The summed E-state index contributed by atoms with van der Waals surface area (Å²) in [5, 5.41) is 3.12. The Bertz CT molecular complexity index is 834. The van der Waals surface area contributed by atoms with Crippen LogP contribution in [0.5, 0.6) is 0 Å². The fourth-order valence-corrected chi connectivity index (χ4v) is 4.32. The first-order chi connectivity index (χ1) is 11.9. The molecule has 0 saturated heterocycles. The van der Waals surface area contributed by atoms with Crippen LogP contribution in [-0.4, -0.2) is 5.91 Å². The lowest BCUT2D eigenvalue weighted by Gasteiger charge is -2.34. The zero-order chi connectivity index (χ0) is 18.1. The van der Waals surface area contributed by atoms with Crippen LogP contribution in [0, 0.1) is 27.7 Å². The zero-order valence-corrected chi connectivity index (χ0v) is 15.6. The van der Waals surface area contributed by atoms with Crippen LogP contribution in [0.4, 0.5) is 0 Å². The molecule has 2 nitrogen and oxygen atoms in total. The van der Waals surface area contributed by atoms with E-state index in [9.17, 15) is 4.79 Å². The van der Waals surface area contributed by atoms with Crippen LogP contribution in [0.25, 0.3) is 0 Å². The minimum atomic E-state index is -0.0964. The lowest BCUT2D eigenvalue weighted by molar-refractivity contribution is -0.117. The van der Waals surface area contributed by atoms with E-state index in [1.807, 2.05) is 0 Å². The maximum absolute atomic E-state index is 11.9. The number of hydrogen-bond donors (Lipinski definition) is 1. The van der Waals surface area contributed by atoms with E-state index in [1.165, 1.54) is 45.0 Å². The predicted molar refractivity (Wildman–Crippen MR) is 104 cm³/mol. The molecule has 1 amide bonds. The second-order valence-corrected chi connectivity index (χ2v) is 7.34. The molecule has 2 atom stereocenters. The van der Waals surface area contributed by atoms with E-state index in [2.05, 4.69) is 69.9 Å². The van der Waals surface area contributed by atoms with Crippen LogP contribution >= 0.6 is 0 Å². The molecule has 3 rings (SSSR count). The summed E-state index contributed by atoms with van der Waals surface area (Å²) in [4.78, 5) is 11.9. The van der Waals surface area contributed by atoms with Crippen molar-refractivity contribution in [3.63, 3.8) is 0 Å². The molecular weight excluding hydrogens is 306 g/mol. The molecule has 0 heterocycles. The summed E-state index contributed by atoms with van der Waals surface area (Å²) < 4.78 is 0. The second kappa shape index (κ2) is 6.87. The number of carbonyl (C=O) groups excluding carboxylic acids is 1. The Morgan fingerprint density at radius 2 is 1.72 bits per heavy atom. The summed E-state index contributed by atoms with van der Waals surface area (Å²) >= 11 is 0. The number of hydrogen-bond acceptors (Lipinski definition) is 1. The Morgan fingerprint density at radius 3 is 2.40 bits per heavy atom. The van der Waals surface area contributed by atoms with Gasteiger partial charge in [0.2, 0.25) is 5.91 Å². The molecule has 0 fully saturated rings. The summed E-state index contributed by atoms with van der Waals surface area (Å²) in [5.41, 5.74) is 9.26. The first-order valence-corrected chi connectivity index (χ1v) is 9.01. The monoisotopic (exact) mass is 333 g/mol. The minimum absolute atomic E-state index is 0.0723. The van der Waals surface area contributed by atoms with Gasteiger partial charge in [-0.1, -0.05) is 48.0 Å². The van der Waals surface area contributed by atoms with Crippen LogP contribution in [0.1, 0.15) is 63.7 Å². The van der Waals surface area contributed by atoms with Crippen molar-refractivity contribution in [2.75, 3.05) is 0 Å². The second-order valence-electron chi connectivity index (χ2n) is 7.34. The van der Waals surface area contributed by atoms with E-state index in [0.717, 1.165) is 12.8 Å². The highest BCUT2D eigenvalue weighted by molar-refractivity contribution is 5.87. The Hall–Kier alpha value is -2.35. The van der Waals surface area contributed by atoms with E-state index >= 15 is 0 Å². The van der Waals surface area contributed by atoms with E-state index in [-0.39, 0.29) is 11.9 Å². The quantitative estimate of drug-likeness (QED) is 0.770. The van der Waals surface area contributed by atoms with E-state index < -0.39 is 0 Å². The molecule has 0 spiro atoms. The van der Waals surface area contributed by atoms with Gasteiger partial charge < -0.3 is 5.32 Å². The molecular formula is C23H27NO. The molecule has 0 radical (unpaired) electrons. The average molecular weight is 333 g/mol. The van der Waals surface area contributed by atoms with Gasteiger partial charge in [0.15, 0.2) is 0 Å². The third kappa shape index (κ3) is 3.39. The summed E-state index contributed by atoms with van der Waals surface area (Å²) in [7, 11) is 0. The third-order valence-electron chi connectivity index (χ3n) is 5.33. The number of nitrogens with one attached hydrogen (secondary N) is 1. The van der Waals surface area contributed by atoms with Crippen molar-refractivity contribution in [2.45, 2.75) is 52.5 Å². The van der Waals surface area contributed by atoms with Crippen molar-refractivity contribution < 1.29 is 4.79 Å². The maximum atomic E-state index is 11.9. The summed E-state index contributed by atoms with van der Waals surface area (Å²) in [6.07, 6.45) is 3.36. The van der Waals surface area contributed by atoms with Gasteiger partial charge >= 0.3 is 0 Å². The van der Waals surface area contributed by atoms with Gasteiger partial charge in [0.05, 0.1) is 6.04 Å². The van der Waals surface area contributed by atoms with Crippen LogP contribution in [-0.2, 0) is 4.79 Å². The van der Waals surface area contributed by atoms with E-state index in [4.69, 9.17) is 0 Å². The molecule has 0 bridgehead atoms. The lowest BCUT2D eigenvalue weighted by Crippen LogP contribution is -2.31. The average Bonchev–Trinajstić information content (AvgIpc) is 2.55. The van der Waals surface area contributed by atoms with Gasteiger partial charge in [0, 0.05) is 5.92 Å². The van der Waals surface area contributed by atoms with Crippen molar-refractivity contribution >= 4 is 5.91 Å². The highest BCUT2D eigenvalue weighted by atomic mass is 16.1. The van der Waals surface area contributed by atoms with Crippen LogP contribution in [0.15, 0.2) is 43.0 Å². The topological polar surface area (TPSA) is 29.1 Å². The highest BCUT2D eigenvalue weighted by Crippen LogP contribution is 2.44. The molecule has 25 heavy (non-hydrogen) atoms. The molecule has 2 aromatic carbocycles. The van der Waals surface area contributed by atoms with Crippen LogP contribution in [0.2, 0.25) is 0 Å². The highest BCUT2D eigenvalue weighted by Gasteiger charge is 2.31. The molecule has 0 saturated carbocycles. The number of aryl methyl sites for hydroxylation is 4. The molecule has 1 aliphatic carbocycles. The maximum Gasteiger partial charge on any atom is 0.243 e. The molecule has 1 aliphatic rings. The summed E-state index contributed by atoms with van der Waals surface area (Å²) in [6.45, 7) is 12.2. The largest absolute Gasteiger partial charge is 0.346 e. The fraction of sp³-hybridized carbons (Fsp3) is 0.348. The van der Waals surface area contributed by atoms with E-state index in [0.29, 0.717) is 5.92 Å². The zero-order valence-electron chi connectivity index (χ0n) is 15.6. The number of carbonyl (C=O) groups is 1. The molecule has 0 aliphatic heterocycles. The van der Waals surface area contributed by atoms with Crippen molar-refractivity contribution in [3.05, 3.63) is 81.9 Å². The SMILES string of the molecule is C=CC(=O)N[C@H]1CC[C@@H](c2ccc(C)cc2C)c2cc(C)cc(C)c21. The van der Waals surface area contributed by atoms with Gasteiger partial charge in [0.1, 0.15) is 0 Å². The van der Waals surface area contributed by atoms with E-state index in [1.54, 1.807) is 0 Å². The number of rotatable bonds is 3. The Labute approximate surface area is 151 Å². The van der Waals surface area contributed by atoms with Crippen LogP contribution in [0.3, 0.4) is 0 Å². The van der Waals surface area contributed by atoms with Gasteiger partial charge in [0.25, 0.3) is 0 Å². The minimum Gasteiger partial charge on any atom is -0.346 e. The van der Waals surface area contributed by atoms with Crippen LogP contribution < -0.4 is 5.32 Å². The van der Waals surface area contributed by atoms with Crippen molar-refractivity contribution in [1.82, 2.24) is 5.32 Å². The molecule has 2 heteroatoms. The van der Waals surface area contributed by atoms with Crippen molar-refractivity contribution in [2.24, 2.45) is 0 Å². The van der Waals surface area contributed by atoms with Gasteiger partial charge in [-0.2, -0.15) is 0 Å². The normalized spacial score (nSPS) is 19.2. The first-order valence-electron chi connectivity index (χ1n) is 9.01. The smallest absolute Gasteiger partial charge is 0.243 e. The molecule has 0 unspecified atom stereocenters. The first kappa shape index (κ1) is 17.5. The summed E-state index contributed by atoms with van der Waals surface area (Å²) in [6, 6.07) is 11.3. The van der Waals surface area contributed by atoms with Gasteiger partial charge in [-0.05, 0) is 74.4 Å². The Kier molecular flexibility index (Phi) is 4.80. The Morgan fingerprint density at radius 1 is 1.00 bits per heavy atom. The standard InChI is InChI=1S/C23H27NO/c1-6-22(25)24-21-10-9-19(18-8-7-14(2)11-16(18)4)20-13-15(3)12-17(5)23(20)21/h6-8,11-13,19,21H,1,9-10H2,2-5H3,(H,24,25)/t19-,21-/m0/s1. The summed E-state index contributed by atoms with van der Waals surface area (Å²) in [5.74, 6) is 0.298. The number of amides is 1. The van der Waals surface area contributed by atoms with Crippen molar-refractivity contribution in [3.8, 4) is 0 Å². The molecule has 130 valence electrons. The lowest BCUT2D eigenvalue weighted by atomic mass is 9.73. The molecule has 1 N–H and O–H groups in total. The number of fused-ring (bicyclic) bond motifs is 1. The predicted octanol–water partition coefficient (Wildman–Crippen LogP) is 5.19. The molecule has 0 aromatic heterocycles. The Balaban J connectivity index is 2.11.